The number of carbonyl (C=O) groups is 1. The largest absolute Gasteiger partial charge is 0.497 e. The molecule has 0 saturated heterocycles. The molecule has 7 nitrogen and oxygen atoms in total. The molecule has 0 atom stereocenters. The highest BCUT2D eigenvalue weighted by atomic mass is 16.5. The van der Waals surface area contributed by atoms with Crippen molar-refractivity contribution in [1.29, 1.82) is 0 Å². The van der Waals surface area contributed by atoms with Gasteiger partial charge in [0.1, 0.15) is 11.5 Å². The van der Waals surface area contributed by atoms with Crippen LogP contribution in [0.15, 0.2) is 58.7 Å². The molecule has 4 N–H and O–H groups in total. The molecule has 0 saturated carbocycles. The summed E-state index contributed by atoms with van der Waals surface area (Å²) < 4.78 is 10.3. The number of methoxy groups -OCH3 is 1. The van der Waals surface area contributed by atoms with E-state index in [-0.39, 0.29) is 5.96 Å². The van der Waals surface area contributed by atoms with Gasteiger partial charge in [-0.2, -0.15) is 5.10 Å². The first kappa shape index (κ1) is 16.0. The lowest BCUT2D eigenvalue weighted by Gasteiger charge is -2.05. The van der Waals surface area contributed by atoms with E-state index in [1.807, 2.05) is 0 Å². The third-order valence-corrected chi connectivity index (χ3v) is 2.80. The summed E-state index contributed by atoms with van der Waals surface area (Å²) in [6, 6.07) is 13.4. The summed E-state index contributed by atoms with van der Waals surface area (Å²) in [4.78, 5) is 12.0. The second kappa shape index (κ2) is 7.60. The summed E-state index contributed by atoms with van der Waals surface area (Å²) in [6.45, 7) is 0. The molecule has 0 heterocycles. The minimum absolute atomic E-state index is 0.119. The topological polar surface area (TPSA) is 112 Å². The Morgan fingerprint density at radius 3 is 2.17 bits per heavy atom. The molecular weight excluding hydrogens is 296 g/mol. The predicted molar refractivity (Wildman–Crippen MR) is 87.8 cm³/mol. The Morgan fingerprint density at radius 1 is 1.00 bits per heavy atom. The summed E-state index contributed by atoms with van der Waals surface area (Å²) in [5.41, 5.74) is 11.5. The lowest BCUT2D eigenvalue weighted by molar-refractivity contribution is 0.0734. The molecule has 2 aromatic carbocycles. The van der Waals surface area contributed by atoms with Crippen LogP contribution >= 0.6 is 0 Å². The molecule has 0 unspecified atom stereocenters. The fraction of sp³-hybridized carbons (Fsp3) is 0.0625. The third kappa shape index (κ3) is 4.85. The lowest BCUT2D eigenvalue weighted by Crippen LogP contribution is -2.21. The standard InChI is InChI=1S/C16H16N4O3/c1-22-13-8-4-12(5-9-13)15(21)23-14-6-2-11(3-7-14)10-19-20-16(17)18/h2-10H,1H3,(H4,17,18,20)/b19-10-. The first-order valence-electron chi connectivity index (χ1n) is 6.67. The molecular formula is C16H16N4O3. The molecule has 0 aliphatic heterocycles. The van der Waals surface area contributed by atoms with Gasteiger partial charge < -0.3 is 20.9 Å². The maximum atomic E-state index is 12.0. The number of rotatable bonds is 5. The van der Waals surface area contributed by atoms with Crippen LogP contribution in [0, 0.1) is 0 Å². The average molecular weight is 312 g/mol. The monoisotopic (exact) mass is 312 g/mol. The van der Waals surface area contributed by atoms with Crippen molar-refractivity contribution in [2.75, 3.05) is 7.11 Å². The van der Waals surface area contributed by atoms with Gasteiger partial charge in [-0.3, -0.25) is 0 Å². The molecule has 0 bridgehead atoms. The number of esters is 1. The third-order valence-electron chi connectivity index (χ3n) is 2.80. The second-order valence-corrected chi connectivity index (χ2v) is 4.46. The fourth-order valence-corrected chi connectivity index (χ4v) is 1.68. The fourth-order valence-electron chi connectivity index (χ4n) is 1.68. The highest BCUT2D eigenvalue weighted by Gasteiger charge is 2.08. The first-order chi connectivity index (χ1) is 11.1. The molecule has 2 rings (SSSR count). The lowest BCUT2D eigenvalue weighted by atomic mass is 10.2. The van der Waals surface area contributed by atoms with Crippen molar-refractivity contribution in [2.24, 2.45) is 21.7 Å². The van der Waals surface area contributed by atoms with Gasteiger partial charge >= 0.3 is 5.97 Å². The van der Waals surface area contributed by atoms with E-state index in [4.69, 9.17) is 20.9 Å². The Labute approximate surface area is 133 Å². The molecule has 2 aromatic rings. The van der Waals surface area contributed by atoms with Gasteiger partial charge in [-0.25, -0.2) is 4.79 Å². The number of carbonyl (C=O) groups excluding carboxylic acids is 1. The summed E-state index contributed by atoms with van der Waals surface area (Å²) >= 11 is 0. The van der Waals surface area contributed by atoms with Gasteiger partial charge in [0, 0.05) is 0 Å². The highest BCUT2D eigenvalue weighted by Crippen LogP contribution is 2.16. The molecule has 0 aromatic heterocycles. The zero-order chi connectivity index (χ0) is 16.7. The number of ether oxygens (including phenoxy) is 2. The van der Waals surface area contributed by atoms with Gasteiger partial charge in [0.15, 0.2) is 0 Å². The molecule has 0 aliphatic carbocycles. The summed E-state index contributed by atoms with van der Waals surface area (Å²) in [6.07, 6.45) is 1.48. The molecule has 0 spiro atoms. The average Bonchev–Trinajstić information content (AvgIpc) is 2.56. The maximum Gasteiger partial charge on any atom is 0.343 e. The van der Waals surface area contributed by atoms with Crippen molar-refractivity contribution in [1.82, 2.24) is 0 Å². The van der Waals surface area contributed by atoms with E-state index in [2.05, 4.69) is 10.2 Å². The molecule has 0 amide bonds. The summed E-state index contributed by atoms with van der Waals surface area (Å²) in [5.74, 6) is 0.525. The van der Waals surface area contributed by atoms with Gasteiger partial charge in [-0.1, -0.05) is 0 Å². The Hall–Kier alpha value is -3.35. The van der Waals surface area contributed by atoms with E-state index >= 15 is 0 Å². The van der Waals surface area contributed by atoms with Crippen molar-refractivity contribution < 1.29 is 14.3 Å². The minimum atomic E-state index is -0.449. The zero-order valence-electron chi connectivity index (χ0n) is 12.5. The van der Waals surface area contributed by atoms with Crippen LogP contribution in [-0.2, 0) is 0 Å². The van der Waals surface area contributed by atoms with E-state index in [9.17, 15) is 4.79 Å². The summed E-state index contributed by atoms with van der Waals surface area (Å²) in [7, 11) is 1.56. The van der Waals surface area contributed by atoms with Crippen molar-refractivity contribution >= 4 is 18.1 Å². The Bertz CT molecular complexity index is 718. The second-order valence-electron chi connectivity index (χ2n) is 4.46. The van der Waals surface area contributed by atoms with E-state index in [0.29, 0.717) is 17.1 Å². The molecule has 0 radical (unpaired) electrons. The number of guanidine groups is 1. The van der Waals surface area contributed by atoms with Crippen LogP contribution in [0.5, 0.6) is 11.5 Å². The number of nitrogens with zero attached hydrogens (tertiary/aromatic N) is 2. The normalized spacial score (nSPS) is 10.3. The Balaban J connectivity index is 2.01. The van der Waals surface area contributed by atoms with Crippen LogP contribution in [0.3, 0.4) is 0 Å². The zero-order valence-corrected chi connectivity index (χ0v) is 12.5. The van der Waals surface area contributed by atoms with Crippen molar-refractivity contribution in [3.63, 3.8) is 0 Å². The van der Waals surface area contributed by atoms with Crippen molar-refractivity contribution in [3.8, 4) is 11.5 Å². The van der Waals surface area contributed by atoms with Crippen LogP contribution in [0.1, 0.15) is 15.9 Å². The SMILES string of the molecule is COc1ccc(C(=O)Oc2ccc(/C=N\N=C(N)N)cc2)cc1. The van der Waals surface area contributed by atoms with Gasteiger partial charge in [0.05, 0.1) is 18.9 Å². The summed E-state index contributed by atoms with van der Waals surface area (Å²) in [5, 5.41) is 7.18. The van der Waals surface area contributed by atoms with Gasteiger partial charge in [-0.05, 0) is 54.1 Å². The van der Waals surface area contributed by atoms with Crippen LogP contribution in [-0.4, -0.2) is 25.3 Å². The van der Waals surface area contributed by atoms with Crippen LogP contribution in [0.25, 0.3) is 0 Å². The van der Waals surface area contributed by atoms with E-state index in [0.717, 1.165) is 5.56 Å². The predicted octanol–water partition coefficient (Wildman–Crippen LogP) is 1.52. The van der Waals surface area contributed by atoms with Crippen molar-refractivity contribution in [3.05, 3.63) is 59.7 Å². The van der Waals surface area contributed by atoms with Gasteiger partial charge in [0.2, 0.25) is 5.96 Å². The number of benzene rings is 2. The number of hydrogen-bond donors (Lipinski definition) is 2. The van der Waals surface area contributed by atoms with Crippen LogP contribution < -0.4 is 20.9 Å². The molecule has 118 valence electrons. The molecule has 23 heavy (non-hydrogen) atoms. The van der Waals surface area contributed by atoms with E-state index in [1.54, 1.807) is 55.6 Å². The Morgan fingerprint density at radius 2 is 1.61 bits per heavy atom. The number of nitrogens with two attached hydrogens (primary N) is 2. The highest BCUT2D eigenvalue weighted by molar-refractivity contribution is 5.91. The van der Waals surface area contributed by atoms with Gasteiger partial charge in [-0.15, -0.1) is 5.10 Å². The molecule has 0 fully saturated rings. The maximum absolute atomic E-state index is 12.0. The Kier molecular flexibility index (Phi) is 5.30. The quantitative estimate of drug-likeness (QED) is 0.286. The van der Waals surface area contributed by atoms with Crippen molar-refractivity contribution in [2.45, 2.75) is 0 Å². The number of hydrogen-bond acceptors (Lipinski definition) is 5. The van der Waals surface area contributed by atoms with E-state index < -0.39 is 5.97 Å². The first-order valence-corrected chi connectivity index (χ1v) is 6.67. The molecule has 0 aliphatic rings. The smallest absolute Gasteiger partial charge is 0.343 e. The van der Waals surface area contributed by atoms with Crippen LogP contribution in [0.4, 0.5) is 0 Å². The van der Waals surface area contributed by atoms with Gasteiger partial charge in [0.25, 0.3) is 0 Å². The molecule has 7 heteroatoms. The van der Waals surface area contributed by atoms with Crippen LogP contribution in [0.2, 0.25) is 0 Å². The minimum Gasteiger partial charge on any atom is -0.497 e. The van der Waals surface area contributed by atoms with E-state index in [1.165, 1.54) is 6.21 Å².